The topological polar surface area (TPSA) is 66.4 Å². The van der Waals surface area contributed by atoms with Crippen molar-refractivity contribution in [1.82, 2.24) is 0 Å². The number of hydrogen-bond acceptors (Lipinski definition) is 2. The number of carboxylic acid groups (broad SMARTS) is 1. The summed E-state index contributed by atoms with van der Waals surface area (Å²) in [7, 11) is 0. The molecule has 0 heterocycles. The van der Waals surface area contributed by atoms with Gasteiger partial charge in [-0.1, -0.05) is 30.5 Å². The van der Waals surface area contributed by atoms with E-state index < -0.39 is 29.5 Å². The average Bonchev–Trinajstić information content (AvgIpc) is 2.43. The highest BCUT2D eigenvalue weighted by Gasteiger charge is 2.36. The minimum absolute atomic E-state index is 0.0890. The monoisotopic (exact) mass is 299 g/mol. The molecule has 6 heteroatoms. The Morgan fingerprint density at radius 2 is 1.90 bits per heavy atom. The Labute approximate surface area is 120 Å². The minimum atomic E-state index is -0.982. The first-order valence-electron chi connectivity index (χ1n) is 6.48. The Hall–Kier alpha value is -1.62. The molecule has 108 valence electrons. The van der Waals surface area contributed by atoms with Crippen molar-refractivity contribution in [3.05, 3.63) is 29.0 Å². The summed E-state index contributed by atoms with van der Waals surface area (Å²) in [6, 6.07) is 4.10. The third-order valence-corrected chi connectivity index (χ3v) is 3.95. The summed E-state index contributed by atoms with van der Waals surface area (Å²) in [4.78, 5) is 23.4. The Morgan fingerprint density at radius 3 is 2.50 bits per heavy atom. The third-order valence-electron chi connectivity index (χ3n) is 3.63. The normalized spacial score (nSPS) is 22.3. The number of carboxylic acids is 1. The maximum atomic E-state index is 13.6. The van der Waals surface area contributed by atoms with Gasteiger partial charge in [-0.15, -0.1) is 0 Å². The molecule has 20 heavy (non-hydrogen) atoms. The number of carbonyl (C=O) groups is 2. The molecule has 2 atom stereocenters. The van der Waals surface area contributed by atoms with Crippen LogP contribution in [-0.4, -0.2) is 17.0 Å². The van der Waals surface area contributed by atoms with Gasteiger partial charge in [0.1, 0.15) is 5.82 Å². The number of halogens is 2. The first-order chi connectivity index (χ1) is 9.50. The molecular formula is C14H15ClFNO3. The fourth-order valence-electron chi connectivity index (χ4n) is 2.57. The van der Waals surface area contributed by atoms with Crippen LogP contribution < -0.4 is 5.32 Å². The van der Waals surface area contributed by atoms with E-state index in [1.807, 2.05) is 0 Å². The van der Waals surface area contributed by atoms with Crippen LogP contribution in [0.1, 0.15) is 25.7 Å². The van der Waals surface area contributed by atoms with Gasteiger partial charge < -0.3 is 10.4 Å². The van der Waals surface area contributed by atoms with E-state index in [2.05, 4.69) is 5.32 Å². The molecular weight excluding hydrogens is 285 g/mol. The van der Waals surface area contributed by atoms with E-state index in [0.717, 1.165) is 12.8 Å². The van der Waals surface area contributed by atoms with E-state index in [-0.39, 0.29) is 10.7 Å². The van der Waals surface area contributed by atoms with Crippen LogP contribution in [0.4, 0.5) is 10.1 Å². The molecule has 0 unspecified atom stereocenters. The molecule has 1 aliphatic rings. The van der Waals surface area contributed by atoms with Crippen molar-refractivity contribution in [2.45, 2.75) is 25.7 Å². The fourth-order valence-corrected chi connectivity index (χ4v) is 2.78. The molecule has 1 aliphatic carbocycles. The molecule has 0 aliphatic heterocycles. The maximum absolute atomic E-state index is 13.6. The van der Waals surface area contributed by atoms with Crippen molar-refractivity contribution in [3.63, 3.8) is 0 Å². The molecule has 2 rings (SSSR count). The van der Waals surface area contributed by atoms with Crippen molar-refractivity contribution in [1.29, 1.82) is 0 Å². The summed E-state index contributed by atoms with van der Waals surface area (Å²) in [5, 5.41) is 11.7. The summed E-state index contributed by atoms with van der Waals surface area (Å²) in [6.07, 6.45) is 2.56. The van der Waals surface area contributed by atoms with E-state index in [9.17, 15) is 14.0 Å². The van der Waals surface area contributed by atoms with Crippen LogP contribution in [0.5, 0.6) is 0 Å². The fraction of sp³-hybridized carbons (Fsp3) is 0.429. The molecule has 4 nitrogen and oxygen atoms in total. The quantitative estimate of drug-likeness (QED) is 0.900. The number of benzene rings is 1. The number of rotatable bonds is 3. The first-order valence-corrected chi connectivity index (χ1v) is 6.86. The van der Waals surface area contributed by atoms with Crippen molar-refractivity contribution in [2.75, 3.05) is 5.32 Å². The average molecular weight is 300 g/mol. The van der Waals surface area contributed by atoms with Crippen LogP contribution in [0.15, 0.2) is 18.2 Å². The van der Waals surface area contributed by atoms with E-state index in [4.69, 9.17) is 16.7 Å². The molecule has 0 saturated heterocycles. The van der Waals surface area contributed by atoms with E-state index in [1.165, 1.54) is 18.2 Å². The lowest BCUT2D eigenvalue weighted by Crippen LogP contribution is -2.36. The molecule has 1 aromatic rings. The van der Waals surface area contributed by atoms with Crippen LogP contribution in [0.2, 0.25) is 5.02 Å². The van der Waals surface area contributed by atoms with Gasteiger partial charge >= 0.3 is 5.97 Å². The van der Waals surface area contributed by atoms with Gasteiger partial charge in [-0.3, -0.25) is 9.59 Å². The van der Waals surface area contributed by atoms with Gasteiger partial charge in [0, 0.05) is 0 Å². The molecule has 1 aromatic carbocycles. The summed E-state index contributed by atoms with van der Waals surface area (Å²) >= 11 is 5.84. The molecule has 1 saturated carbocycles. The largest absolute Gasteiger partial charge is 0.481 e. The zero-order chi connectivity index (χ0) is 14.7. The molecule has 0 radical (unpaired) electrons. The van der Waals surface area contributed by atoms with Crippen LogP contribution in [0.25, 0.3) is 0 Å². The zero-order valence-electron chi connectivity index (χ0n) is 10.7. The van der Waals surface area contributed by atoms with Gasteiger partial charge in [-0.25, -0.2) is 4.39 Å². The number of anilines is 1. The van der Waals surface area contributed by atoms with E-state index >= 15 is 0 Å². The Bertz CT molecular complexity index is 515. The summed E-state index contributed by atoms with van der Waals surface area (Å²) in [5.74, 6) is -3.45. The lowest BCUT2D eigenvalue weighted by Gasteiger charge is -2.27. The second-order valence-corrected chi connectivity index (χ2v) is 5.33. The Kier molecular flexibility index (Phi) is 4.60. The summed E-state index contributed by atoms with van der Waals surface area (Å²) < 4.78 is 13.6. The van der Waals surface area contributed by atoms with E-state index in [0.29, 0.717) is 12.8 Å². The van der Waals surface area contributed by atoms with Gasteiger partial charge in [0.25, 0.3) is 0 Å². The molecule has 2 N–H and O–H groups in total. The first kappa shape index (κ1) is 14.8. The van der Waals surface area contributed by atoms with Crippen molar-refractivity contribution < 1.29 is 19.1 Å². The second-order valence-electron chi connectivity index (χ2n) is 4.92. The number of aliphatic carboxylic acids is 1. The van der Waals surface area contributed by atoms with Gasteiger partial charge in [0.2, 0.25) is 5.91 Å². The molecule has 0 aromatic heterocycles. The van der Waals surface area contributed by atoms with Gasteiger partial charge in [-0.05, 0) is 25.0 Å². The van der Waals surface area contributed by atoms with Crippen LogP contribution >= 0.6 is 11.6 Å². The molecule has 1 fully saturated rings. The number of para-hydroxylation sites is 1. The Morgan fingerprint density at radius 1 is 1.25 bits per heavy atom. The second kappa shape index (κ2) is 6.22. The van der Waals surface area contributed by atoms with Gasteiger partial charge in [0.05, 0.1) is 22.5 Å². The smallest absolute Gasteiger partial charge is 0.307 e. The maximum Gasteiger partial charge on any atom is 0.307 e. The van der Waals surface area contributed by atoms with Crippen molar-refractivity contribution in [3.8, 4) is 0 Å². The highest BCUT2D eigenvalue weighted by molar-refractivity contribution is 6.33. The highest BCUT2D eigenvalue weighted by Crippen LogP contribution is 2.32. The predicted octanol–water partition coefficient (Wildman–Crippen LogP) is 3.31. The van der Waals surface area contributed by atoms with E-state index in [1.54, 1.807) is 0 Å². The Balaban J connectivity index is 2.16. The molecule has 0 bridgehead atoms. The molecule has 0 spiro atoms. The standard InChI is InChI=1S/C14H15ClFNO3/c15-10-6-3-7-11(16)12(10)17-13(18)8-4-1-2-5-9(8)14(19)20/h3,6-9H,1-2,4-5H2,(H,17,18)(H,19,20)/t8-,9+/m1/s1. The van der Waals surface area contributed by atoms with Crippen LogP contribution in [0.3, 0.4) is 0 Å². The SMILES string of the molecule is O=C(O)[C@H]1CCCC[C@H]1C(=O)Nc1c(F)cccc1Cl. The van der Waals surface area contributed by atoms with Crippen LogP contribution in [-0.2, 0) is 9.59 Å². The van der Waals surface area contributed by atoms with Crippen molar-refractivity contribution in [2.24, 2.45) is 11.8 Å². The number of amides is 1. The number of nitrogens with one attached hydrogen (secondary N) is 1. The molecule has 1 amide bonds. The predicted molar refractivity (Wildman–Crippen MR) is 73.1 cm³/mol. The third kappa shape index (κ3) is 3.10. The van der Waals surface area contributed by atoms with Crippen molar-refractivity contribution >= 4 is 29.2 Å². The lowest BCUT2D eigenvalue weighted by molar-refractivity contribution is -0.147. The number of hydrogen-bond donors (Lipinski definition) is 2. The van der Waals surface area contributed by atoms with Gasteiger partial charge in [0.15, 0.2) is 0 Å². The highest BCUT2D eigenvalue weighted by atomic mass is 35.5. The van der Waals surface area contributed by atoms with Gasteiger partial charge in [-0.2, -0.15) is 0 Å². The van der Waals surface area contributed by atoms with Crippen LogP contribution in [0, 0.1) is 17.7 Å². The summed E-state index contributed by atoms with van der Waals surface area (Å²) in [6.45, 7) is 0. The summed E-state index contributed by atoms with van der Waals surface area (Å²) in [5.41, 5.74) is -0.0890. The zero-order valence-corrected chi connectivity index (χ0v) is 11.5. The lowest BCUT2D eigenvalue weighted by atomic mass is 9.78. The minimum Gasteiger partial charge on any atom is -0.481 e. The number of carbonyl (C=O) groups excluding carboxylic acids is 1.